The first-order valence-electron chi connectivity index (χ1n) is 3.72. The molecule has 0 atom stereocenters. The van der Waals surface area contributed by atoms with Gasteiger partial charge in [0.15, 0.2) is 0 Å². The molecule has 1 aromatic rings. The second-order valence-corrected chi connectivity index (χ2v) is 2.59. The van der Waals surface area contributed by atoms with Crippen LogP contribution in [0.1, 0.15) is 5.56 Å². The molecule has 3 nitrogen and oxygen atoms in total. The van der Waals surface area contributed by atoms with E-state index in [1.165, 1.54) is 19.2 Å². The van der Waals surface area contributed by atoms with Crippen molar-refractivity contribution < 1.29 is 74.8 Å². The second kappa shape index (κ2) is 5.90. The van der Waals surface area contributed by atoms with Gasteiger partial charge in [0.1, 0.15) is 11.7 Å². The molecule has 0 unspecified atom stereocenters. The third kappa shape index (κ3) is 3.49. The number of hydrogen-bond acceptors (Lipinski definition) is 3. The summed E-state index contributed by atoms with van der Waals surface area (Å²) in [7, 11) is 1.38. The van der Waals surface area contributed by atoms with Crippen molar-refractivity contribution in [3.63, 3.8) is 0 Å². The number of carboxylic acids is 1. The average Bonchev–Trinajstić information content (AvgIpc) is 2.17. The van der Waals surface area contributed by atoms with Crippen LogP contribution in [0.4, 0.5) is 8.78 Å². The van der Waals surface area contributed by atoms with Gasteiger partial charge in [-0.25, -0.2) is 0 Å². The molecule has 0 spiro atoms. The van der Waals surface area contributed by atoms with Crippen LogP contribution in [0.15, 0.2) is 24.3 Å². The smallest absolute Gasteiger partial charge is 0.544 e. The van der Waals surface area contributed by atoms with Crippen LogP contribution in [0.25, 0.3) is 0 Å². The Morgan fingerprint density at radius 3 is 2.13 bits per heavy atom. The molecule has 0 aromatic heterocycles. The molecule has 6 heteroatoms. The van der Waals surface area contributed by atoms with Crippen molar-refractivity contribution in [1.82, 2.24) is 0 Å². The molecule has 0 radical (unpaired) electrons. The van der Waals surface area contributed by atoms with E-state index >= 15 is 0 Å². The van der Waals surface area contributed by atoms with E-state index < -0.39 is 17.5 Å². The molecule has 0 aliphatic rings. The molecule has 0 N–H and O–H groups in total. The van der Waals surface area contributed by atoms with Crippen molar-refractivity contribution in [2.45, 2.75) is 5.92 Å². The molecule has 1 rings (SSSR count). The van der Waals surface area contributed by atoms with E-state index in [0.29, 0.717) is 5.75 Å². The minimum absolute atomic E-state index is 0. The fraction of sp³-hybridized carbons (Fsp3) is 0.222. The molecule has 0 saturated heterocycles. The minimum atomic E-state index is -3.97. The topological polar surface area (TPSA) is 49.4 Å². The van der Waals surface area contributed by atoms with Crippen LogP contribution in [0.2, 0.25) is 0 Å². The van der Waals surface area contributed by atoms with E-state index in [-0.39, 0.29) is 51.4 Å². The van der Waals surface area contributed by atoms with Crippen molar-refractivity contribution in [2.75, 3.05) is 7.11 Å². The van der Waals surface area contributed by atoms with Crippen molar-refractivity contribution in [2.24, 2.45) is 0 Å². The summed E-state index contributed by atoms with van der Waals surface area (Å²) < 4.78 is 30.4. The van der Waals surface area contributed by atoms with Gasteiger partial charge in [0, 0.05) is 5.56 Å². The Morgan fingerprint density at radius 1 is 1.33 bits per heavy atom. The summed E-state index contributed by atoms with van der Waals surface area (Å²) in [4.78, 5) is 10.1. The second-order valence-electron chi connectivity index (χ2n) is 2.59. The van der Waals surface area contributed by atoms with Crippen LogP contribution < -0.4 is 61.2 Å². The number of rotatable bonds is 3. The minimum Gasteiger partial charge on any atom is -0.544 e. The third-order valence-electron chi connectivity index (χ3n) is 1.71. The summed E-state index contributed by atoms with van der Waals surface area (Å²) in [5.74, 6) is -6.00. The average molecular weight is 240 g/mol. The van der Waals surface area contributed by atoms with Crippen molar-refractivity contribution in [3.8, 4) is 5.75 Å². The standard InChI is InChI=1S/C9H8F2O3.K/c1-14-7-4-2-6(3-5-7)9(10,11)8(12)13;/h2-5H,1H3,(H,12,13);/q;+1/p-1. The Hall–Kier alpha value is -0.0136. The zero-order chi connectivity index (χ0) is 10.8. The number of methoxy groups -OCH3 is 1. The van der Waals surface area contributed by atoms with Crippen LogP contribution in [0, 0.1) is 0 Å². The van der Waals surface area contributed by atoms with Crippen LogP contribution in [0.5, 0.6) is 5.75 Å². The van der Waals surface area contributed by atoms with E-state index in [1.807, 2.05) is 0 Å². The first-order valence-corrected chi connectivity index (χ1v) is 3.72. The first kappa shape index (κ1) is 15.0. The van der Waals surface area contributed by atoms with Crippen molar-refractivity contribution in [1.29, 1.82) is 0 Å². The van der Waals surface area contributed by atoms with E-state index in [1.54, 1.807) is 0 Å². The normalized spacial score (nSPS) is 10.3. The van der Waals surface area contributed by atoms with E-state index in [0.717, 1.165) is 12.1 Å². The molecule has 0 amide bonds. The Kier molecular flexibility index (Phi) is 5.90. The summed E-state index contributed by atoms with van der Waals surface area (Å²) in [6, 6.07) is 4.47. The number of ether oxygens (including phenoxy) is 1. The Balaban J connectivity index is 0.00000196. The first-order chi connectivity index (χ1) is 6.48. The Bertz CT molecular complexity index is 338. The number of carbonyl (C=O) groups is 1. The molecule has 0 bridgehead atoms. The number of carboxylic acid groups (broad SMARTS) is 1. The zero-order valence-electron chi connectivity index (χ0n) is 8.29. The van der Waals surface area contributed by atoms with E-state index in [4.69, 9.17) is 4.74 Å². The fourth-order valence-corrected chi connectivity index (χ4v) is 0.918. The van der Waals surface area contributed by atoms with Gasteiger partial charge >= 0.3 is 57.3 Å². The van der Waals surface area contributed by atoms with Gasteiger partial charge in [-0.05, 0) is 24.3 Å². The zero-order valence-corrected chi connectivity index (χ0v) is 11.4. The molecule has 0 heterocycles. The molecule has 0 fully saturated rings. The van der Waals surface area contributed by atoms with Crippen molar-refractivity contribution >= 4 is 5.97 Å². The van der Waals surface area contributed by atoms with Gasteiger partial charge in [-0.15, -0.1) is 0 Å². The number of benzene rings is 1. The predicted molar refractivity (Wildman–Crippen MR) is 41.9 cm³/mol. The summed E-state index contributed by atoms with van der Waals surface area (Å²) in [6.07, 6.45) is 0. The molecule has 15 heavy (non-hydrogen) atoms. The van der Waals surface area contributed by atoms with Gasteiger partial charge in [0.25, 0.3) is 0 Å². The molecule has 1 aromatic carbocycles. The maximum Gasteiger partial charge on any atom is 1.00 e. The molecule has 0 aliphatic heterocycles. The summed E-state index contributed by atoms with van der Waals surface area (Å²) in [5.41, 5.74) is -0.627. The fourth-order valence-electron chi connectivity index (χ4n) is 0.918. The number of aliphatic carboxylic acids is 1. The molecule has 0 aliphatic carbocycles. The number of hydrogen-bond donors (Lipinski definition) is 0. The summed E-state index contributed by atoms with van der Waals surface area (Å²) in [6.45, 7) is 0. The maximum atomic E-state index is 12.8. The Morgan fingerprint density at radius 2 is 1.80 bits per heavy atom. The summed E-state index contributed by atoms with van der Waals surface area (Å²) >= 11 is 0. The van der Waals surface area contributed by atoms with Gasteiger partial charge in [0.05, 0.1) is 7.11 Å². The van der Waals surface area contributed by atoms with E-state index in [9.17, 15) is 18.7 Å². The van der Waals surface area contributed by atoms with E-state index in [2.05, 4.69) is 0 Å². The SMILES string of the molecule is COc1ccc(C(F)(F)C(=O)[O-])cc1.[K+]. The van der Waals surface area contributed by atoms with Crippen LogP contribution in [0.3, 0.4) is 0 Å². The maximum absolute atomic E-state index is 12.8. The number of alkyl halides is 2. The van der Waals surface area contributed by atoms with Gasteiger partial charge in [-0.3, -0.25) is 0 Å². The quantitative estimate of drug-likeness (QED) is 0.551. The summed E-state index contributed by atoms with van der Waals surface area (Å²) in [5, 5.41) is 10.1. The van der Waals surface area contributed by atoms with Gasteiger partial charge < -0.3 is 14.6 Å². The monoisotopic (exact) mass is 240 g/mol. The van der Waals surface area contributed by atoms with Gasteiger partial charge in [-0.2, -0.15) is 8.78 Å². The van der Waals surface area contributed by atoms with Crippen LogP contribution in [-0.2, 0) is 10.7 Å². The van der Waals surface area contributed by atoms with Gasteiger partial charge in [-0.1, -0.05) is 0 Å². The predicted octanol–water partition coefficient (Wildman–Crippen LogP) is -2.46. The van der Waals surface area contributed by atoms with Crippen molar-refractivity contribution in [3.05, 3.63) is 29.8 Å². The third-order valence-corrected chi connectivity index (χ3v) is 1.71. The number of halogens is 2. The van der Waals surface area contributed by atoms with Gasteiger partial charge in [0.2, 0.25) is 0 Å². The molecular formula is C9H7F2KO3. The molecule has 0 saturated carbocycles. The van der Waals surface area contributed by atoms with Crippen LogP contribution in [-0.4, -0.2) is 13.1 Å². The Labute approximate surface area is 128 Å². The molecule has 76 valence electrons. The largest absolute Gasteiger partial charge is 1.00 e. The molecular weight excluding hydrogens is 233 g/mol. The van der Waals surface area contributed by atoms with Crippen LogP contribution >= 0.6 is 0 Å². The number of carbonyl (C=O) groups excluding carboxylic acids is 1.